The van der Waals surface area contributed by atoms with Crippen LogP contribution in [-0.4, -0.2) is 9.55 Å². The average Bonchev–Trinajstić information content (AvgIpc) is 3.12. The van der Waals surface area contributed by atoms with Crippen LogP contribution >= 0.6 is 11.6 Å². The van der Waals surface area contributed by atoms with Crippen molar-refractivity contribution >= 4 is 22.6 Å². The van der Waals surface area contributed by atoms with E-state index in [9.17, 15) is 0 Å². The van der Waals surface area contributed by atoms with Crippen molar-refractivity contribution in [3.05, 3.63) is 77.0 Å². The van der Waals surface area contributed by atoms with Crippen molar-refractivity contribution in [1.29, 1.82) is 0 Å². The fourth-order valence-electron chi connectivity index (χ4n) is 2.77. The van der Waals surface area contributed by atoms with Gasteiger partial charge in [0.15, 0.2) is 11.6 Å². The summed E-state index contributed by atoms with van der Waals surface area (Å²) in [5, 5.41) is 0.684. The van der Waals surface area contributed by atoms with Crippen LogP contribution in [0, 0.1) is 6.92 Å². The van der Waals surface area contributed by atoms with Crippen molar-refractivity contribution in [3.63, 3.8) is 0 Å². The maximum absolute atomic E-state index is 6.12. The van der Waals surface area contributed by atoms with E-state index in [0.29, 0.717) is 5.02 Å². The highest BCUT2D eigenvalue weighted by molar-refractivity contribution is 6.31. The molecule has 0 unspecified atom stereocenters. The van der Waals surface area contributed by atoms with Crippen LogP contribution in [0.1, 0.15) is 11.3 Å². The smallest absolute Gasteiger partial charge is 0.177 e. The van der Waals surface area contributed by atoms with Crippen LogP contribution in [0.25, 0.3) is 22.6 Å². The Morgan fingerprint density at radius 2 is 1.87 bits per heavy atom. The molecule has 0 aliphatic heterocycles. The Hall–Kier alpha value is -2.52. The van der Waals surface area contributed by atoms with Gasteiger partial charge in [0.05, 0.1) is 11.0 Å². The van der Waals surface area contributed by atoms with E-state index in [2.05, 4.69) is 16.7 Å². The zero-order chi connectivity index (χ0) is 15.8. The first kappa shape index (κ1) is 14.1. The number of aromatic nitrogens is 2. The van der Waals surface area contributed by atoms with Gasteiger partial charge in [0.1, 0.15) is 5.76 Å². The van der Waals surface area contributed by atoms with Crippen molar-refractivity contribution < 1.29 is 4.42 Å². The molecule has 2 aromatic carbocycles. The maximum atomic E-state index is 6.12. The van der Waals surface area contributed by atoms with Crippen molar-refractivity contribution in [2.45, 2.75) is 13.5 Å². The summed E-state index contributed by atoms with van der Waals surface area (Å²) in [6.07, 6.45) is 0. The molecule has 0 saturated carbocycles. The molecule has 0 radical (unpaired) electrons. The monoisotopic (exact) mass is 322 g/mol. The number of imidazole rings is 1. The summed E-state index contributed by atoms with van der Waals surface area (Å²) in [6.45, 7) is 2.67. The standard InChI is InChI=1S/C19H15ClN2O/c1-13-7-10-18(23-13)19-21-16-11-15(20)8-9-17(16)22(19)12-14-5-3-2-4-6-14/h2-11H,12H2,1H3. The van der Waals surface area contributed by atoms with E-state index in [1.165, 1.54) is 5.56 Å². The fourth-order valence-corrected chi connectivity index (χ4v) is 2.94. The Balaban J connectivity index is 1.91. The largest absolute Gasteiger partial charge is 0.458 e. The summed E-state index contributed by atoms with van der Waals surface area (Å²) >= 11 is 6.12. The number of furan rings is 1. The third kappa shape index (κ3) is 2.64. The van der Waals surface area contributed by atoms with E-state index >= 15 is 0 Å². The van der Waals surface area contributed by atoms with E-state index in [4.69, 9.17) is 21.0 Å². The van der Waals surface area contributed by atoms with Crippen LogP contribution in [0.4, 0.5) is 0 Å². The third-order valence-electron chi connectivity index (χ3n) is 3.85. The quantitative estimate of drug-likeness (QED) is 0.512. The number of benzene rings is 2. The molecule has 0 N–H and O–H groups in total. The van der Waals surface area contributed by atoms with E-state index in [-0.39, 0.29) is 0 Å². The minimum Gasteiger partial charge on any atom is -0.458 e. The molecule has 114 valence electrons. The molecule has 0 aliphatic rings. The second-order valence-corrected chi connectivity index (χ2v) is 5.99. The number of nitrogens with zero attached hydrogens (tertiary/aromatic N) is 2. The zero-order valence-electron chi connectivity index (χ0n) is 12.7. The second kappa shape index (κ2) is 5.60. The van der Waals surface area contributed by atoms with Gasteiger partial charge in [-0.25, -0.2) is 4.98 Å². The molecule has 0 spiro atoms. The Morgan fingerprint density at radius 3 is 2.61 bits per heavy atom. The molecule has 0 saturated heterocycles. The van der Waals surface area contributed by atoms with Gasteiger partial charge in [-0.1, -0.05) is 41.9 Å². The lowest BCUT2D eigenvalue weighted by atomic mass is 10.2. The van der Waals surface area contributed by atoms with Gasteiger partial charge in [0.25, 0.3) is 0 Å². The predicted molar refractivity (Wildman–Crippen MR) is 92.7 cm³/mol. The molecular weight excluding hydrogens is 308 g/mol. The predicted octanol–water partition coefficient (Wildman–Crippen LogP) is 5.31. The number of rotatable bonds is 3. The van der Waals surface area contributed by atoms with Crippen LogP contribution in [-0.2, 0) is 6.54 Å². The maximum Gasteiger partial charge on any atom is 0.177 e. The lowest BCUT2D eigenvalue weighted by molar-refractivity contribution is 0.540. The van der Waals surface area contributed by atoms with Crippen LogP contribution < -0.4 is 0 Å². The molecule has 4 aromatic rings. The number of halogens is 1. The number of aryl methyl sites for hydroxylation is 1. The van der Waals surface area contributed by atoms with E-state index < -0.39 is 0 Å². The second-order valence-electron chi connectivity index (χ2n) is 5.55. The molecule has 23 heavy (non-hydrogen) atoms. The van der Waals surface area contributed by atoms with Crippen molar-refractivity contribution in [2.75, 3.05) is 0 Å². The van der Waals surface area contributed by atoms with Gasteiger partial charge in [0.2, 0.25) is 0 Å². The molecule has 0 fully saturated rings. The topological polar surface area (TPSA) is 31.0 Å². The summed E-state index contributed by atoms with van der Waals surface area (Å²) in [4.78, 5) is 4.74. The molecule has 4 heteroatoms. The van der Waals surface area contributed by atoms with Gasteiger partial charge >= 0.3 is 0 Å². The molecule has 2 heterocycles. The van der Waals surface area contributed by atoms with Crippen LogP contribution in [0.15, 0.2) is 65.1 Å². The first-order valence-electron chi connectivity index (χ1n) is 7.47. The van der Waals surface area contributed by atoms with Gasteiger partial charge in [-0.05, 0) is 42.8 Å². The van der Waals surface area contributed by atoms with Crippen molar-refractivity contribution in [2.24, 2.45) is 0 Å². The van der Waals surface area contributed by atoms with Crippen molar-refractivity contribution in [1.82, 2.24) is 9.55 Å². The van der Waals surface area contributed by atoms with E-state index in [1.807, 2.05) is 55.5 Å². The SMILES string of the molecule is Cc1ccc(-c2nc3cc(Cl)ccc3n2Cc2ccccc2)o1. The number of fused-ring (bicyclic) bond motifs is 1. The van der Waals surface area contributed by atoms with E-state index in [1.54, 1.807) is 0 Å². The van der Waals surface area contributed by atoms with Gasteiger partial charge < -0.3 is 8.98 Å². The Bertz CT molecular complexity index is 970. The highest BCUT2D eigenvalue weighted by Crippen LogP contribution is 2.28. The molecule has 0 bridgehead atoms. The highest BCUT2D eigenvalue weighted by Gasteiger charge is 2.16. The fraction of sp³-hybridized carbons (Fsp3) is 0.105. The first-order valence-corrected chi connectivity index (χ1v) is 7.85. The normalized spacial score (nSPS) is 11.2. The Morgan fingerprint density at radius 1 is 1.04 bits per heavy atom. The number of hydrogen-bond acceptors (Lipinski definition) is 2. The Kier molecular flexibility index (Phi) is 3.43. The summed E-state index contributed by atoms with van der Waals surface area (Å²) in [5.41, 5.74) is 3.13. The number of hydrogen-bond donors (Lipinski definition) is 0. The zero-order valence-corrected chi connectivity index (χ0v) is 13.4. The van der Waals surface area contributed by atoms with Gasteiger partial charge in [-0.3, -0.25) is 0 Å². The summed E-state index contributed by atoms with van der Waals surface area (Å²) in [7, 11) is 0. The highest BCUT2D eigenvalue weighted by atomic mass is 35.5. The van der Waals surface area contributed by atoms with Gasteiger partial charge in [-0.15, -0.1) is 0 Å². The van der Waals surface area contributed by atoms with Crippen LogP contribution in [0.2, 0.25) is 5.02 Å². The van der Waals surface area contributed by atoms with Gasteiger partial charge in [0, 0.05) is 11.6 Å². The van der Waals surface area contributed by atoms with E-state index in [0.717, 1.165) is 34.9 Å². The summed E-state index contributed by atoms with van der Waals surface area (Å²) in [5.74, 6) is 2.46. The minimum atomic E-state index is 0.684. The van der Waals surface area contributed by atoms with Crippen molar-refractivity contribution in [3.8, 4) is 11.6 Å². The average molecular weight is 323 g/mol. The first-order chi connectivity index (χ1) is 11.2. The minimum absolute atomic E-state index is 0.684. The molecular formula is C19H15ClN2O. The van der Waals surface area contributed by atoms with Crippen LogP contribution in [0.5, 0.6) is 0 Å². The summed E-state index contributed by atoms with van der Waals surface area (Å²) < 4.78 is 7.96. The molecule has 0 atom stereocenters. The molecule has 0 aliphatic carbocycles. The molecule has 4 rings (SSSR count). The van der Waals surface area contributed by atoms with Gasteiger partial charge in [-0.2, -0.15) is 0 Å². The van der Waals surface area contributed by atoms with Crippen LogP contribution in [0.3, 0.4) is 0 Å². The Labute approximate surface area is 139 Å². The molecule has 0 amide bonds. The molecule has 2 aromatic heterocycles. The lowest BCUT2D eigenvalue weighted by Crippen LogP contribution is -2.01. The molecule has 3 nitrogen and oxygen atoms in total. The lowest BCUT2D eigenvalue weighted by Gasteiger charge is -2.08. The summed E-state index contributed by atoms with van der Waals surface area (Å²) in [6, 6.07) is 20.0. The third-order valence-corrected chi connectivity index (χ3v) is 4.09.